The number of alkyl halides is 3. The van der Waals surface area contributed by atoms with Crippen LogP contribution in [-0.4, -0.2) is 12.5 Å². The lowest BCUT2D eigenvalue weighted by Crippen LogP contribution is -2.31. The molecule has 0 bridgehead atoms. The molecule has 0 spiro atoms. The van der Waals surface area contributed by atoms with Gasteiger partial charge in [0.15, 0.2) is 0 Å². The molecule has 23 heavy (non-hydrogen) atoms. The van der Waals surface area contributed by atoms with Gasteiger partial charge in [0, 0.05) is 12.1 Å². The van der Waals surface area contributed by atoms with Gasteiger partial charge in [0.05, 0.1) is 5.56 Å². The Labute approximate surface area is 131 Å². The van der Waals surface area contributed by atoms with Crippen LogP contribution in [0.2, 0.25) is 0 Å². The number of carbonyl (C=O) groups is 1. The summed E-state index contributed by atoms with van der Waals surface area (Å²) in [5, 5.41) is 2.76. The van der Waals surface area contributed by atoms with Crippen molar-refractivity contribution >= 4 is 5.91 Å². The summed E-state index contributed by atoms with van der Waals surface area (Å²) in [5.41, 5.74) is 1.52. The summed E-state index contributed by atoms with van der Waals surface area (Å²) >= 11 is 0. The first-order valence-corrected chi connectivity index (χ1v) is 7.13. The van der Waals surface area contributed by atoms with Crippen LogP contribution in [0.3, 0.4) is 0 Å². The Morgan fingerprint density at radius 3 is 2.52 bits per heavy atom. The maximum atomic E-state index is 12.5. The summed E-state index contributed by atoms with van der Waals surface area (Å²) in [6, 6.07) is 10.1. The molecule has 0 unspecified atom stereocenters. The van der Waals surface area contributed by atoms with Crippen molar-refractivity contribution in [3.05, 3.63) is 64.7 Å². The number of nitrogens with one attached hydrogen (secondary N) is 1. The van der Waals surface area contributed by atoms with E-state index in [1.54, 1.807) is 18.2 Å². The van der Waals surface area contributed by atoms with Gasteiger partial charge in [-0.3, -0.25) is 4.79 Å². The van der Waals surface area contributed by atoms with Gasteiger partial charge < -0.3 is 10.1 Å². The van der Waals surface area contributed by atoms with E-state index >= 15 is 0 Å². The number of carbonyl (C=O) groups excluding carboxylic acids is 1. The van der Waals surface area contributed by atoms with Crippen LogP contribution < -0.4 is 10.1 Å². The van der Waals surface area contributed by atoms with Crippen LogP contribution in [0.4, 0.5) is 13.2 Å². The van der Waals surface area contributed by atoms with E-state index in [0.29, 0.717) is 23.4 Å². The van der Waals surface area contributed by atoms with Crippen molar-refractivity contribution in [2.24, 2.45) is 0 Å². The van der Waals surface area contributed by atoms with Crippen LogP contribution in [0.25, 0.3) is 0 Å². The molecule has 2 aromatic rings. The second kappa shape index (κ2) is 5.95. The number of fused-ring (bicyclic) bond motifs is 1. The Hall–Kier alpha value is -2.50. The molecule has 0 aromatic heterocycles. The first kappa shape index (κ1) is 15.4. The largest absolute Gasteiger partial charge is 0.489 e. The molecule has 2 aromatic carbocycles. The van der Waals surface area contributed by atoms with E-state index in [-0.39, 0.29) is 12.5 Å². The van der Waals surface area contributed by atoms with E-state index in [9.17, 15) is 18.0 Å². The molecule has 120 valence electrons. The molecule has 0 saturated heterocycles. The molecule has 6 heteroatoms. The molecule has 1 aliphatic heterocycles. The zero-order chi connectivity index (χ0) is 16.4. The zero-order valence-electron chi connectivity index (χ0n) is 12.1. The number of hydrogen-bond donors (Lipinski definition) is 1. The molecular weight excluding hydrogens is 307 g/mol. The molecule has 0 atom stereocenters. The standard InChI is InChI=1S/C17H14F3NO2/c18-17(19,20)13-3-1-11(2-4-13)10-23-14-5-6-15-12(9-14)7-8-21-16(15)22/h1-6,9H,7-8,10H2,(H,21,22). The highest BCUT2D eigenvalue weighted by molar-refractivity contribution is 5.96. The molecule has 0 saturated carbocycles. The Kier molecular flexibility index (Phi) is 3.98. The summed E-state index contributed by atoms with van der Waals surface area (Å²) in [4.78, 5) is 11.6. The molecule has 1 amide bonds. The second-order valence-electron chi connectivity index (χ2n) is 5.31. The van der Waals surface area contributed by atoms with Gasteiger partial charge in [-0.05, 0) is 47.9 Å². The maximum Gasteiger partial charge on any atom is 0.416 e. The average molecular weight is 321 g/mol. The number of hydrogen-bond acceptors (Lipinski definition) is 2. The fourth-order valence-corrected chi connectivity index (χ4v) is 2.45. The van der Waals surface area contributed by atoms with Crippen molar-refractivity contribution in [2.75, 3.05) is 6.54 Å². The molecule has 1 heterocycles. The van der Waals surface area contributed by atoms with Crippen LogP contribution in [0.15, 0.2) is 42.5 Å². The number of halogens is 3. The van der Waals surface area contributed by atoms with Gasteiger partial charge in [-0.25, -0.2) is 0 Å². The number of ether oxygens (including phenoxy) is 1. The van der Waals surface area contributed by atoms with Gasteiger partial charge in [0.1, 0.15) is 12.4 Å². The van der Waals surface area contributed by atoms with Gasteiger partial charge >= 0.3 is 6.18 Å². The number of rotatable bonds is 3. The van der Waals surface area contributed by atoms with E-state index in [1.165, 1.54) is 12.1 Å². The summed E-state index contributed by atoms with van der Waals surface area (Å²) < 4.78 is 43.1. The first-order valence-electron chi connectivity index (χ1n) is 7.13. The fourth-order valence-electron chi connectivity index (χ4n) is 2.45. The van der Waals surface area contributed by atoms with E-state index in [1.807, 2.05) is 0 Å². The predicted octanol–water partition coefficient (Wildman–Crippen LogP) is 3.57. The summed E-state index contributed by atoms with van der Waals surface area (Å²) in [6.07, 6.45) is -3.60. The van der Waals surface area contributed by atoms with Gasteiger partial charge in [-0.15, -0.1) is 0 Å². The van der Waals surface area contributed by atoms with Crippen molar-refractivity contribution in [2.45, 2.75) is 19.2 Å². The van der Waals surface area contributed by atoms with Crippen LogP contribution in [0.5, 0.6) is 5.75 Å². The zero-order valence-corrected chi connectivity index (χ0v) is 12.1. The normalized spacial score (nSPS) is 14.1. The van der Waals surface area contributed by atoms with Crippen molar-refractivity contribution in [1.82, 2.24) is 5.32 Å². The minimum Gasteiger partial charge on any atom is -0.489 e. The lowest BCUT2D eigenvalue weighted by atomic mass is 10.0. The Morgan fingerprint density at radius 1 is 1.09 bits per heavy atom. The highest BCUT2D eigenvalue weighted by Crippen LogP contribution is 2.29. The van der Waals surface area contributed by atoms with E-state index in [2.05, 4.69) is 5.32 Å². The smallest absolute Gasteiger partial charge is 0.416 e. The van der Waals surface area contributed by atoms with Crippen molar-refractivity contribution in [3.8, 4) is 5.75 Å². The fraction of sp³-hybridized carbons (Fsp3) is 0.235. The third kappa shape index (κ3) is 3.47. The van der Waals surface area contributed by atoms with Crippen LogP contribution in [-0.2, 0) is 19.2 Å². The monoisotopic (exact) mass is 321 g/mol. The van der Waals surface area contributed by atoms with Crippen LogP contribution in [0.1, 0.15) is 27.0 Å². The lowest BCUT2D eigenvalue weighted by molar-refractivity contribution is -0.137. The van der Waals surface area contributed by atoms with Gasteiger partial charge in [-0.1, -0.05) is 12.1 Å². The SMILES string of the molecule is O=C1NCCc2cc(OCc3ccc(C(F)(F)F)cc3)ccc21. The van der Waals surface area contributed by atoms with Crippen LogP contribution >= 0.6 is 0 Å². The Morgan fingerprint density at radius 2 is 1.83 bits per heavy atom. The first-order chi connectivity index (χ1) is 10.9. The minimum absolute atomic E-state index is 0.0967. The molecular formula is C17H14F3NO2. The topological polar surface area (TPSA) is 38.3 Å². The lowest BCUT2D eigenvalue weighted by Gasteiger charge is -2.17. The third-order valence-corrected chi connectivity index (χ3v) is 3.69. The van der Waals surface area contributed by atoms with Crippen molar-refractivity contribution in [1.29, 1.82) is 0 Å². The van der Waals surface area contributed by atoms with Gasteiger partial charge in [0.2, 0.25) is 0 Å². The maximum absolute atomic E-state index is 12.5. The molecule has 3 nitrogen and oxygen atoms in total. The number of amides is 1. The molecule has 3 rings (SSSR count). The molecule has 0 radical (unpaired) electrons. The Bertz CT molecular complexity index is 724. The third-order valence-electron chi connectivity index (χ3n) is 3.69. The number of benzene rings is 2. The second-order valence-corrected chi connectivity index (χ2v) is 5.31. The average Bonchev–Trinajstić information content (AvgIpc) is 2.52. The quantitative estimate of drug-likeness (QED) is 0.938. The van der Waals surface area contributed by atoms with E-state index in [4.69, 9.17) is 4.74 Å². The Balaban J connectivity index is 1.68. The molecule has 0 fully saturated rings. The summed E-state index contributed by atoms with van der Waals surface area (Å²) in [7, 11) is 0. The van der Waals surface area contributed by atoms with Gasteiger partial charge in [0.25, 0.3) is 5.91 Å². The highest BCUT2D eigenvalue weighted by Gasteiger charge is 2.29. The van der Waals surface area contributed by atoms with Gasteiger partial charge in [-0.2, -0.15) is 13.2 Å². The highest BCUT2D eigenvalue weighted by atomic mass is 19.4. The summed E-state index contributed by atoms with van der Waals surface area (Å²) in [6.45, 7) is 0.761. The summed E-state index contributed by atoms with van der Waals surface area (Å²) in [5.74, 6) is 0.499. The van der Waals surface area contributed by atoms with Crippen molar-refractivity contribution < 1.29 is 22.7 Å². The van der Waals surface area contributed by atoms with E-state index < -0.39 is 11.7 Å². The van der Waals surface area contributed by atoms with E-state index in [0.717, 1.165) is 24.1 Å². The molecule has 0 aliphatic carbocycles. The van der Waals surface area contributed by atoms with Crippen molar-refractivity contribution in [3.63, 3.8) is 0 Å². The van der Waals surface area contributed by atoms with Crippen LogP contribution in [0, 0.1) is 0 Å². The molecule has 1 N–H and O–H groups in total. The molecule has 1 aliphatic rings. The minimum atomic E-state index is -4.33. The predicted molar refractivity (Wildman–Crippen MR) is 78.3 cm³/mol.